The van der Waals surface area contributed by atoms with Crippen LogP contribution in [0.5, 0.6) is 0 Å². The molecule has 1 aromatic rings. The fourth-order valence-corrected chi connectivity index (χ4v) is 6.35. The molecule has 4 aliphatic rings. The number of aliphatic imine (C=N–C) groups is 1. The van der Waals surface area contributed by atoms with Crippen LogP contribution in [0.4, 0.5) is 0 Å². The van der Waals surface area contributed by atoms with E-state index in [0.717, 1.165) is 92.5 Å². The molecule has 1 unspecified atom stereocenters. The number of rotatable bonds is 7. The van der Waals surface area contributed by atoms with Crippen LogP contribution in [0, 0.1) is 5.92 Å². The lowest BCUT2D eigenvalue weighted by Crippen LogP contribution is -2.41. The molecule has 3 heterocycles. The van der Waals surface area contributed by atoms with E-state index in [1.807, 2.05) is 26.0 Å². The molecule has 1 aromatic carbocycles. The molecule has 1 atom stereocenters. The van der Waals surface area contributed by atoms with E-state index in [-0.39, 0.29) is 18.4 Å². The van der Waals surface area contributed by atoms with Gasteiger partial charge in [0.25, 0.3) is 11.8 Å². The summed E-state index contributed by atoms with van der Waals surface area (Å²) in [5, 5.41) is 5.33. The van der Waals surface area contributed by atoms with Crippen LogP contribution in [-0.4, -0.2) is 86.0 Å². The van der Waals surface area contributed by atoms with Gasteiger partial charge >= 0.3 is 0 Å². The van der Waals surface area contributed by atoms with Crippen molar-refractivity contribution in [2.75, 3.05) is 52.6 Å². The number of amides is 2. The van der Waals surface area contributed by atoms with E-state index in [9.17, 15) is 9.59 Å². The molecule has 2 saturated heterocycles. The van der Waals surface area contributed by atoms with Crippen molar-refractivity contribution in [2.45, 2.75) is 53.0 Å². The van der Waals surface area contributed by atoms with E-state index in [2.05, 4.69) is 64.4 Å². The number of ether oxygens (including phenoxy) is 2. The predicted molar refractivity (Wildman–Crippen MR) is 166 cm³/mol. The second kappa shape index (κ2) is 13.7. The van der Waals surface area contributed by atoms with Gasteiger partial charge in [0.15, 0.2) is 0 Å². The summed E-state index contributed by atoms with van der Waals surface area (Å²) in [4.78, 5) is 35.2. The molecule has 0 bridgehead atoms. The van der Waals surface area contributed by atoms with Gasteiger partial charge in [-0.1, -0.05) is 29.8 Å². The van der Waals surface area contributed by atoms with Crippen LogP contribution >= 0.6 is 0 Å². The second-order valence-electron chi connectivity index (χ2n) is 11.6. The minimum Gasteiger partial charge on any atom is -0.381 e. The number of carbonyl (C=O) groups is 2. The van der Waals surface area contributed by atoms with Crippen molar-refractivity contribution in [1.29, 1.82) is 0 Å². The van der Waals surface area contributed by atoms with Gasteiger partial charge in [-0.2, -0.15) is 0 Å². The standard InChI is InChI=1S/C34H44N4O4/c1-5-38(29-10-14-41-15-11-29)32-20-28(27-8-6-26(7-9-27)22-37-12-16-42-17-13-37)19-30(25(32)4)33(39)35-21-31-23(2)18-24(3)36-34(31)40/h6-9,18-19,22,29,31H,5,10-17,20-21H2,1-4H3,(H,35,39). The number of benzene rings is 1. The van der Waals surface area contributed by atoms with E-state index in [1.165, 1.54) is 5.70 Å². The number of nitrogens with zero attached hydrogens (tertiary/aromatic N) is 3. The lowest BCUT2D eigenvalue weighted by molar-refractivity contribution is -0.121. The maximum absolute atomic E-state index is 13.8. The number of dihydropyridines is 1. The third-order valence-electron chi connectivity index (χ3n) is 8.77. The SMILES string of the molecule is CCN(C1=C(C)C(C(=O)NCC2C(=O)N=C(C)C=C2C)=CC(=c2ccc(=CN3CCOCC3)cc2)C1)C1CCOCC1. The average molecular weight is 573 g/mol. The predicted octanol–water partition coefficient (Wildman–Crippen LogP) is 2.69. The highest BCUT2D eigenvalue weighted by Crippen LogP contribution is 2.34. The van der Waals surface area contributed by atoms with Gasteiger partial charge in [0.1, 0.15) is 0 Å². The van der Waals surface area contributed by atoms with Gasteiger partial charge in [-0.05, 0) is 74.3 Å². The number of hydrogen-bond donors (Lipinski definition) is 1. The van der Waals surface area contributed by atoms with Crippen LogP contribution in [-0.2, 0) is 19.1 Å². The Labute approximate surface area is 249 Å². The van der Waals surface area contributed by atoms with Gasteiger partial charge in [-0.15, -0.1) is 0 Å². The van der Waals surface area contributed by atoms with Gasteiger partial charge in [0.2, 0.25) is 0 Å². The Morgan fingerprint density at radius 1 is 1.05 bits per heavy atom. The van der Waals surface area contributed by atoms with E-state index in [0.29, 0.717) is 17.3 Å². The topological polar surface area (TPSA) is 83.5 Å². The smallest absolute Gasteiger partial charge is 0.254 e. The summed E-state index contributed by atoms with van der Waals surface area (Å²) in [6, 6.07) is 9.01. The highest BCUT2D eigenvalue weighted by molar-refractivity contribution is 6.06. The fraction of sp³-hybridized carbons (Fsp3) is 0.500. The third-order valence-corrected chi connectivity index (χ3v) is 8.77. The van der Waals surface area contributed by atoms with Crippen molar-refractivity contribution in [3.05, 3.63) is 69.3 Å². The molecular weight excluding hydrogens is 528 g/mol. The van der Waals surface area contributed by atoms with Crippen molar-refractivity contribution < 1.29 is 19.1 Å². The Hall–Kier alpha value is -3.49. The maximum atomic E-state index is 13.8. The minimum absolute atomic E-state index is 0.158. The number of hydrogen-bond acceptors (Lipinski definition) is 6. The van der Waals surface area contributed by atoms with Crippen LogP contribution in [0.2, 0.25) is 0 Å². The van der Waals surface area contributed by atoms with Crippen LogP contribution < -0.4 is 15.8 Å². The molecular formula is C34H44N4O4. The highest BCUT2D eigenvalue weighted by Gasteiger charge is 2.30. The van der Waals surface area contributed by atoms with E-state index >= 15 is 0 Å². The van der Waals surface area contributed by atoms with Crippen molar-refractivity contribution >= 4 is 29.3 Å². The lowest BCUT2D eigenvalue weighted by Gasteiger charge is -2.39. The Bertz CT molecular complexity index is 1420. The molecule has 0 radical (unpaired) electrons. The normalized spacial score (nSPS) is 22.0. The van der Waals surface area contributed by atoms with Crippen molar-refractivity contribution in [3.63, 3.8) is 0 Å². The van der Waals surface area contributed by atoms with Gasteiger partial charge in [-0.3, -0.25) is 9.59 Å². The summed E-state index contributed by atoms with van der Waals surface area (Å²) in [5.74, 6) is -0.788. The van der Waals surface area contributed by atoms with Gasteiger partial charge in [0.05, 0.1) is 19.1 Å². The first-order chi connectivity index (χ1) is 20.3. The molecule has 3 aliphatic heterocycles. The number of allylic oxidation sites excluding steroid dienone is 3. The molecule has 2 amide bonds. The molecule has 1 N–H and O–H groups in total. The molecule has 0 spiro atoms. The second-order valence-corrected chi connectivity index (χ2v) is 11.6. The summed E-state index contributed by atoms with van der Waals surface area (Å²) in [5.41, 5.74) is 5.61. The zero-order chi connectivity index (χ0) is 29.6. The molecule has 8 heteroatoms. The van der Waals surface area contributed by atoms with E-state index in [4.69, 9.17) is 9.47 Å². The summed E-state index contributed by atoms with van der Waals surface area (Å²) in [7, 11) is 0. The summed E-state index contributed by atoms with van der Waals surface area (Å²) < 4.78 is 11.1. The minimum atomic E-state index is -0.432. The van der Waals surface area contributed by atoms with Gasteiger partial charge in [0, 0.05) is 75.0 Å². The zero-order valence-electron chi connectivity index (χ0n) is 25.4. The first-order valence-corrected chi connectivity index (χ1v) is 15.3. The van der Waals surface area contributed by atoms with Gasteiger partial charge < -0.3 is 24.6 Å². The third kappa shape index (κ3) is 6.93. The Morgan fingerprint density at radius 3 is 2.40 bits per heavy atom. The van der Waals surface area contributed by atoms with Crippen molar-refractivity contribution in [3.8, 4) is 0 Å². The number of morpholine rings is 1. The molecule has 224 valence electrons. The average Bonchev–Trinajstić information content (AvgIpc) is 2.99. The Balaban J connectivity index is 1.46. The molecule has 2 fully saturated rings. The molecule has 42 heavy (non-hydrogen) atoms. The largest absolute Gasteiger partial charge is 0.381 e. The molecule has 5 rings (SSSR count). The van der Waals surface area contributed by atoms with Crippen molar-refractivity contribution in [1.82, 2.24) is 15.1 Å². The molecule has 8 nitrogen and oxygen atoms in total. The van der Waals surface area contributed by atoms with E-state index in [1.54, 1.807) is 0 Å². The first kappa shape index (κ1) is 30.0. The lowest BCUT2D eigenvalue weighted by atomic mass is 9.88. The summed E-state index contributed by atoms with van der Waals surface area (Å²) >= 11 is 0. The highest BCUT2D eigenvalue weighted by atomic mass is 16.5. The van der Waals surface area contributed by atoms with Crippen LogP contribution in [0.1, 0.15) is 47.0 Å². The summed E-state index contributed by atoms with van der Waals surface area (Å²) in [6.45, 7) is 13.9. The van der Waals surface area contributed by atoms with Crippen LogP contribution in [0.25, 0.3) is 11.8 Å². The van der Waals surface area contributed by atoms with Crippen LogP contribution in [0.15, 0.2) is 63.8 Å². The van der Waals surface area contributed by atoms with E-state index < -0.39 is 5.92 Å². The molecule has 1 aliphatic carbocycles. The van der Waals surface area contributed by atoms with Crippen molar-refractivity contribution in [2.24, 2.45) is 10.9 Å². The first-order valence-electron chi connectivity index (χ1n) is 15.3. The number of carbonyl (C=O) groups excluding carboxylic acids is 2. The fourth-order valence-electron chi connectivity index (χ4n) is 6.35. The Kier molecular flexibility index (Phi) is 9.75. The summed E-state index contributed by atoms with van der Waals surface area (Å²) in [6.07, 6.45) is 8.87. The Morgan fingerprint density at radius 2 is 1.74 bits per heavy atom. The zero-order valence-corrected chi connectivity index (χ0v) is 25.4. The van der Waals surface area contributed by atoms with Crippen LogP contribution in [0.3, 0.4) is 0 Å². The number of nitrogens with one attached hydrogen (secondary N) is 1. The molecule has 0 saturated carbocycles. The van der Waals surface area contributed by atoms with Gasteiger partial charge in [-0.25, -0.2) is 4.99 Å². The maximum Gasteiger partial charge on any atom is 0.254 e. The monoisotopic (exact) mass is 572 g/mol. The molecule has 0 aromatic heterocycles. The quantitative estimate of drug-likeness (QED) is 0.541.